The zero-order valence-electron chi connectivity index (χ0n) is 12.0. The third-order valence-electron chi connectivity index (χ3n) is 2.22. The lowest BCUT2D eigenvalue weighted by Crippen LogP contribution is -2.34. The summed E-state index contributed by atoms with van der Waals surface area (Å²) in [6, 6.07) is 0. The second-order valence-electron chi connectivity index (χ2n) is 5.12. The van der Waals surface area contributed by atoms with E-state index in [1.165, 1.54) is 0 Å². The average Bonchev–Trinajstić information content (AvgIpc) is 2.55. The van der Waals surface area contributed by atoms with Crippen molar-refractivity contribution < 1.29 is 14.3 Å². The van der Waals surface area contributed by atoms with Crippen LogP contribution in [0.5, 0.6) is 0 Å². The fraction of sp³-hybridized carbons (Fsp3) is 0.667. The highest BCUT2D eigenvalue weighted by Gasteiger charge is 2.16. The molecule has 1 aromatic heterocycles. The molecule has 0 aliphatic heterocycles. The van der Waals surface area contributed by atoms with E-state index in [2.05, 4.69) is 55.5 Å². The van der Waals surface area contributed by atoms with E-state index < -0.39 is 11.7 Å². The van der Waals surface area contributed by atoms with E-state index in [0.717, 1.165) is 13.2 Å². The number of ether oxygens (including phenoxy) is 2. The zero-order chi connectivity index (χ0) is 15.3. The van der Waals surface area contributed by atoms with Crippen LogP contribution in [0.25, 0.3) is 0 Å². The lowest BCUT2D eigenvalue weighted by Gasteiger charge is -2.19. The Morgan fingerprint density at radius 3 is 2.60 bits per heavy atom. The van der Waals surface area contributed by atoms with Crippen LogP contribution in [-0.4, -0.2) is 34.9 Å². The fourth-order valence-electron chi connectivity index (χ4n) is 1.49. The molecule has 0 radical (unpaired) electrons. The van der Waals surface area contributed by atoms with Gasteiger partial charge in [0.1, 0.15) is 25.4 Å². The molecule has 1 N–H and O–H groups in total. The molecule has 0 aliphatic rings. The minimum Gasteiger partial charge on any atom is -0.444 e. The Balaban J connectivity index is 2.55. The van der Waals surface area contributed by atoms with Gasteiger partial charge in [-0.2, -0.15) is 0 Å². The van der Waals surface area contributed by atoms with Gasteiger partial charge in [-0.1, -0.05) is 0 Å². The minimum atomic E-state index is -0.482. The second-order valence-corrected chi connectivity index (χ2v) is 7.17. The summed E-state index contributed by atoms with van der Waals surface area (Å²) in [5.74, 6) is 0.854. The fourth-order valence-corrected chi connectivity index (χ4v) is 2.70. The molecular weight excluding hydrogens is 488 g/mol. The molecule has 1 amide bonds. The monoisotopic (exact) mass is 507 g/mol. The third-order valence-corrected chi connectivity index (χ3v) is 5.10. The van der Waals surface area contributed by atoms with Gasteiger partial charge in [0.05, 0.1) is 0 Å². The Morgan fingerprint density at radius 1 is 1.40 bits per heavy atom. The van der Waals surface area contributed by atoms with Crippen LogP contribution in [0.4, 0.5) is 4.79 Å². The first-order chi connectivity index (χ1) is 9.24. The van der Waals surface area contributed by atoms with Crippen molar-refractivity contribution in [2.75, 3.05) is 13.7 Å². The van der Waals surface area contributed by atoms with Crippen LogP contribution in [0.3, 0.4) is 0 Å². The summed E-state index contributed by atoms with van der Waals surface area (Å²) in [5.41, 5.74) is -0.482. The highest BCUT2D eigenvalue weighted by Crippen LogP contribution is 2.17. The van der Waals surface area contributed by atoms with E-state index in [0.29, 0.717) is 19.7 Å². The number of alkyl carbamates (subject to hydrolysis) is 1. The molecule has 0 saturated carbocycles. The summed E-state index contributed by atoms with van der Waals surface area (Å²) in [4.78, 5) is 16.0. The maximum atomic E-state index is 11.6. The van der Waals surface area contributed by atoms with Crippen molar-refractivity contribution in [2.24, 2.45) is 0 Å². The Hall–Kier alpha value is -0.100. The maximum Gasteiger partial charge on any atom is 0.407 e. The molecule has 1 aromatic rings. The van der Waals surface area contributed by atoms with Crippen LogP contribution >= 0.6 is 45.2 Å². The summed E-state index contributed by atoms with van der Waals surface area (Å²) in [7, 11) is 1.64. The number of amides is 1. The van der Waals surface area contributed by atoms with Gasteiger partial charge in [0.25, 0.3) is 0 Å². The minimum absolute atomic E-state index is 0.407. The first-order valence-electron chi connectivity index (χ1n) is 6.11. The first kappa shape index (κ1) is 18.0. The SMILES string of the molecule is COCc1nc(I)c(I)n1CCNC(=O)OC(C)(C)C. The number of hydrogen-bond donors (Lipinski definition) is 1. The van der Waals surface area contributed by atoms with Crippen molar-refractivity contribution in [2.45, 2.75) is 39.5 Å². The van der Waals surface area contributed by atoms with E-state index in [1.807, 2.05) is 25.3 Å². The molecule has 0 aliphatic carbocycles. The van der Waals surface area contributed by atoms with Crippen LogP contribution in [0.1, 0.15) is 26.6 Å². The van der Waals surface area contributed by atoms with Gasteiger partial charge in [0.15, 0.2) is 0 Å². The highest BCUT2D eigenvalue weighted by molar-refractivity contribution is 14.1. The quantitative estimate of drug-likeness (QED) is 0.624. The lowest BCUT2D eigenvalue weighted by atomic mass is 10.2. The standard InChI is InChI=1S/C12H19I2N3O3/c1-12(2,3)20-11(18)15-5-6-17-8(7-19-4)16-9(13)10(17)14/h5-7H2,1-4H3,(H,15,18). The van der Waals surface area contributed by atoms with Gasteiger partial charge in [-0.25, -0.2) is 9.78 Å². The molecule has 1 rings (SSSR count). The van der Waals surface area contributed by atoms with Crippen molar-refractivity contribution in [1.29, 1.82) is 0 Å². The number of nitrogens with zero attached hydrogens (tertiary/aromatic N) is 2. The number of carbonyl (C=O) groups is 1. The molecule has 0 atom stereocenters. The predicted octanol–water partition coefficient (Wildman–Crippen LogP) is 2.76. The van der Waals surface area contributed by atoms with Crippen LogP contribution in [0.2, 0.25) is 0 Å². The number of nitrogens with one attached hydrogen (secondary N) is 1. The van der Waals surface area contributed by atoms with Crippen molar-refractivity contribution in [3.63, 3.8) is 0 Å². The first-order valence-corrected chi connectivity index (χ1v) is 8.26. The lowest BCUT2D eigenvalue weighted by molar-refractivity contribution is 0.0525. The smallest absolute Gasteiger partial charge is 0.407 e. The van der Waals surface area contributed by atoms with Crippen LogP contribution in [0.15, 0.2) is 0 Å². The maximum absolute atomic E-state index is 11.6. The normalized spacial score (nSPS) is 11.5. The molecule has 6 nitrogen and oxygen atoms in total. The Kier molecular flexibility index (Phi) is 6.98. The average molecular weight is 507 g/mol. The molecule has 0 spiro atoms. The Labute approximate surface area is 146 Å². The number of imidazole rings is 1. The number of halogens is 2. The molecule has 0 aromatic carbocycles. The van der Waals surface area contributed by atoms with Crippen molar-refractivity contribution in [3.05, 3.63) is 13.2 Å². The summed E-state index contributed by atoms with van der Waals surface area (Å²) in [6.07, 6.45) is -0.407. The summed E-state index contributed by atoms with van der Waals surface area (Å²) in [6.45, 7) is 7.07. The summed E-state index contributed by atoms with van der Waals surface area (Å²) in [5, 5.41) is 2.74. The molecule has 0 fully saturated rings. The molecule has 0 unspecified atom stereocenters. The van der Waals surface area contributed by atoms with Gasteiger partial charge in [0.2, 0.25) is 0 Å². The van der Waals surface area contributed by atoms with Gasteiger partial charge in [-0.3, -0.25) is 0 Å². The van der Waals surface area contributed by atoms with Crippen molar-refractivity contribution in [1.82, 2.24) is 14.9 Å². The highest BCUT2D eigenvalue weighted by atomic mass is 127. The number of aromatic nitrogens is 2. The Bertz CT molecular complexity index is 469. The topological polar surface area (TPSA) is 65.4 Å². The number of hydrogen-bond acceptors (Lipinski definition) is 4. The number of methoxy groups -OCH3 is 1. The van der Waals surface area contributed by atoms with Crippen LogP contribution in [-0.2, 0) is 22.6 Å². The van der Waals surface area contributed by atoms with Gasteiger partial charge < -0.3 is 19.4 Å². The molecule has 20 heavy (non-hydrogen) atoms. The van der Waals surface area contributed by atoms with Gasteiger partial charge >= 0.3 is 6.09 Å². The van der Waals surface area contributed by atoms with Crippen molar-refractivity contribution in [3.8, 4) is 0 Å². The van der Waals surface area contributed by atoms with E-state index in [9.17, 15) is 4.79 Å². The molecule has 0 saturated heterocycles. The largest absolute Gasteiger partial charge is 0.444 e. The zero-order valence-corrected chi connectivity index (χ0v) is 16.3. The van der Waals surface area contributed by atoms with E-state index in [4.69, 9.17) is 9.47 Å². The van der Waals surface area contributed by atoms with Gasteiger partial charge in [0, 0.05) is 20.2 Å². The van der Waals surface area contributed by atoms with E-state index >= 15 is 0 Å². The summed E-state index contributed by atoms with van der Waals surface area (Å²) >= 11 is 4.42. The summed E-state index contributed by atoms with van der Waals surface area (Å²) < 4.78 is 14.3. The third kappa shape index (κ3) is 5.72. The molecule has 0 bridgehead atoms. The van der Waals surface area contributed by atoms with Crippen LogP contribution < -0.4 is 5.32 Å². The van der Waals surface area contributed by atoms with Crippen LogP contribution in [0, 0.1) is 7.40 Å². The van der Waals surface area contributed by atoms with E-state index in [-0.39, 0.29) is 0 Å². The second kappa shape index (κ2) is 7.78. The molecule has 114 valence electrons. The predicted molar refractivity (Wildman–Crippen MR) is 92.6 cm³/mol. The van der Waals surface area contributed by atoms with Gasteiger partial charge in [-0.05, 0) is 66.0 Å². The van der Waals surface area contributed by atoms with Crippen molar-refractivity contribution >= 4 is 51.3 Å². The molecular formula is C12H19I2N3O3. The number of rotatable bonds is 5. The van der Waals surface area contributed by atoms with Gasteiger partial charge in [-0.15, -0.1) is 0 Å². The number of carbonyl (C=O) groups excluding carboxylic acids is 1. The Morgan fingerprint density at radius 2 is 2.05 bits per heavy atom. The molecule has 8 heteroatoms. The molecule has 1 heterocycles. The van der Waals surface area contributed by atoms with E-state index in [1.54, 1.807) is 7.11 Å².